The number of alkyl halides is 3. The van der Waals surface area contributed by atoms with Crippen molar-refractivity contribution in [3.8, 4) is 0 Å². The van der Waals surface area contributed by atoms with E-state index >= 15 is 0 Å². The maximum absolute atomic E-state index is 13.9. The van der Waals surface area contributed by atoms with Crippen molar-refractivity contribution in [3.63, 3.8) is 0 Å². The molecule has 1 aromatic heterocycles. The van der Waals surface area contributed by atoms with Gasteiger partial charge in [0.05, 0.1) is 18.0 Å². The molecule has 2 heterocycles. The third-order valence-corrected chi connectivity index (χ3v) is 7.84. The second kappa shape index (κ2) is 13.9. The molecular formula is C29H40F4N4O2. The number of aromatic nitrogens is 1. The lowest BCUT2D eigenvalue weighted by Crippen LogP contribution is -2.27. The number of aliphatic imine (C=N–C) groups is 1. The van der Waals surface area contributed by atoms with Gasteiger partial charge in [0.2, 0.25) is 0 Å². The number of carboxylic acid groups (broad SMARTS) is 1. The van der Waals surface area contributed by atoms with E-state index in [1.165, 1.54) is 0 Å². The number of rotatable bonds is 9. The van der Waals surface area contributed by atoms with Gasteiger partial charge >= 0.3 is 12.1 Å². The van der Waals surface area contributed by atoms with Gasteiger partial charge in [0.1, 0.15) is 11.6 Å². The molecule has 2 aliphatic rings. The van der Waals surface area contributed by atoms with Crippen molar-refractivity contribution in [1.29, 1.82) is 0 Å². The number of hydrogen-bond donors (Lipinski definition) is 2. The van der Waals surface area contributed by atoms with Crippen LogP contribution in [0.4, 0.5) is 23.4 Å². The Bertz CT molecular complexity index is 1050. The van der Waals surface area contributed by atoms with Gasteiger partial charge in [-0.1, -0.05) is 25.5 Å². The lowest BCUT2D eigenvalue weighted by Gasteiger charge is -2.31. The van der Waals surface area contributed by atoms with Gasteiger partial charge in [-0.25, -0.2) is 9.37 Å². The Morgan fingerprint density at radius 2 is 2.03 bits per heavy atom. The first-order valence-electron chi connectivity index (χ1n) is 13.7. The Hall–Kier alpha value is -2.91. The minimum atomic E-state index is -4.61. The van der Waals surface area contributed by atoms with Gasteiger partial charge < -0.3 is 15.3 Å². The summed E-state index contributed by atoms with van der Waals surface area (Å²) < 4.78 is 53.1. The molecule has 6 nitrogen and oxygen atoms in total. The van der Waals surface area contributed by atoms with E-state index in [2.05, 4.69) is 27.1 Å². The summed E-state index contributed by atoms with van der Waals surface area (Å²) in [4.78, 5) is 22.1. The number of halogens is 4. The molecule has 39 heavy (non-hydrogen) atoms. The van der Waals surface area contributed by atoms with Crippen LogP contribution in [0.2, 0.25) is 0 Å². The number of carboxylic acids is 1. The topological polar surface area (TPSA) is 77.8 Å². The zero-order valence-corrected chi connectivity index (χ0v) is 22.9. The number of anilines is 1. The number of aliphatic carboxylic acids is 1. The smallest absolute Gasteiger partial charge is 0.416 e. The normalized spacial score (nSPS) is 25.7. The van der Waals surface area contributed by atoms with Crippen molar-refractivity contribution < 1.29 is 27.5 Å². The maximum atomic E-state index is 13.9. The van der Waals surface area contributed by atoms with E-state index in [-0.39, 0.29) is 37.3 Å². The Morgan fingerprint density at radius 1 is 1.23 bits per heavy atom. The third kappa shape index (κ3) is 10.3. The van der Waals surface area contributed by atoms with Crippen LogP contribution in [0.5, 0.6) is 0 Å². The van der Waals surface area contributed by atoms with Gasteiger partial charge in [-0.05, 0) is 67.6 Å². The quantitative estimate of drug-likeness (QED) is 0.265. The molecule has 0 bridgehead atoms. The Labute approximate surface area is 228 Å². The molecule has 0 aromatic carbocycles. The summed E-state index contributed by atoms with van der Waals surface area (Å²) in [6.07, 6.45) is 6.03. The van der Waals surface area contributed by atoms with Crippen LogP contribution in [0.3, 0.4) is 0 Å². The van der Waals surface area contributed by atoms with Crippen molar-refractivity contribution in [2.24, 2.45) is 16.3 Å². The molecule has 1 aliphatic heterocycles. The van der Waals surface area contributed by atoms with Crippen molar-refractivity contribution in [1.82, 2.24) is 10.3 Å². The molecule has 2 N–H and O–H groups in total. The Balaban J connectivity index is 1.50. The van der Waals surface area contributed by atoms with Crippen molar-refractivity contribution in [2.75, 3.05) is 31.6 Å². The average molecular weight is 553 g/mol. The molecule has 1 fully saturated rings. The fraction of sp³-hybridized carbons (Fsp3) is 0.621. The van der Waals surface area contributed by atoms with Gasteiger partial charge in [0.15, 0.2) is 0 Å². The molecule has 1 saturated carbocycles. The zero-order valence-electron chi connectivity index (χ0n) is 22.9. The first-order valence-corrected chi connectivity index (χ1v) is 13.7. The average Bonchev–Trinajstić information content (AvgIpc) is 3.05. The summed E-state index contributed by atoms with van der Waals surface area (Å²) in [5, 5.41) is 12.2. The number of nitrogens with zero attached hydrogens (tertiary/aromatic N) is 3. The standard InChI is InChI=1S/C29H40F4N4O2/c1-28(12-3-4-21(9-13-28)18-27(38)39)14-17-37(2)26-8-6-22(20-36-26)5-7-25-34-15-10-23(29(31,32)33)19-24(30)11-16-35-25/h6,8,10,19-21H,3-5,7,9,11-18H2,1-2H3,(H,34,35)(H,38,39)/b23-10+,24-19+. The van der Waals surface area contributed by atoms with Gasteiger partial charge in [0.25, 0.3) is 0 Å². The number of aryl methyl sites for hydroxylation is 1. The predicted octanol–water partition coefficient (Wildman–Crippen LogP) is 6.64. The van der Waals surface area contributed by atoms with Crippen molar-refractivity contribution in [2.45, 2.75) is 77.3 Å². The van der Waals surface area contributed by atoms with Crippen molar-refractivity contribution >= 4 is 17.6 Å². The summed E-state index contributed by atoms with van der Waals surface area (Å²) in [6, 6.07) is 3.96. The molecule has 1 aliphatic carbocycles. The van der Waals surface area contributed by atoms with Gasteiger partial charge in [-0.2, -0.15) is 13.2 Å². The molecule has 0 amide bonds. The molecule has 1 aromatic rings. The first kappa shape index (κ1) is 30.6. The SMILES string of the molecule is CN(CCC1(C)CCCC(CC(=O)O)CC1)c1ccc(CCC2=NC/C=C(C(F)(F)F)\C=C(\F)CCN2)cn1. The zero-order chi connectivity index (χ0) is 28.5. The number of allylic oxidation sites excluding steroid dienone is 2. The van der Waals surface area contributed by atoms with Gasteiger partial charge in [-0.15, -0.1) is 0 Å². The highest BCUT2D eigenvalue weighted by atomic mass is 19.4. The molecule has 2 unspecified atom stereocenters. The van der Waals surface area contributed by atoms with Crippen LogP contribution in [0.1, 0.15) is 70.3 Å². The molecule has 216 valence electrons. The van der Waals surface area contributed by atoms with Crippen LogP contribution < -0.4 is 10.2 Å². The number of amidine groups is 1. The Morgan fingerprint density at radius 3 is 2.72 bits per heavy atom. The van der Waals surface area contributed by atoms with Crippen LogP contribution in [0.25, 0.3) is 0 Å². The van der Waals surface area contributed by atoms with E-state index in [0.29, 0.717) is 24.8 Å². The van der Waals surface area contributed by atoms with Crippen molar-refractivity contribution in [3.05, 3.63) is 47.4 Å². The Kier molecular flexibility index (Phi) is 10.9. The van der Waals surface area contributed by atoms with E-state index in [9.17, 15) is 22.4 Å². The second-order valence-electron chi connectivity index (χ2n) is 11.1. The minimum absolute atomic E-state index is 0.142. The molecule has 0 radical (unpaired) electrons. The molecule has 0 spiro atoms. The van der Waals surface area contributed by atoms with Crippen LogP contribution >= 0.6 is 0 Å². The van der Waals surface area contributed by atoms with Gasteiger partial charge in [0, 0.05) is 45.6 Å². The largest absolute Gasteiger partial charge is 0.481 e. The predicted molar refractivity (Wildman–Crippen MR) is 146 cm³/mol. The number of pyridine rings is 1. The molecule has 3 rings (SSSR count). The highest BCUT2D eigenvalue weighted by Gasteiger charge is 2.32. The summed E-state index contributed by atoms with van der Waals surface area (Å²) in [6.45, 7) is 3.15. The van der Waals surface area contributed by atoms with E-state index in [1.54, 1.807) is 6.20 Å². The van der Waals surface area contributed by atoms with E-state index < -0.39 is 23.5 Å². The fourth-order valence-corrected chi connectivity index (χ4v) is 5.25. The summed E-state index contributed by atoms with van der Waals surface area (Å²) in [5.74, 6) is 0.168. The van der Waals surface area contributed by atoms with Crippen LogP contribution in [-0.2, 0) is 11.2 Å². The van der Waals surface area contributed by atoms with Crippen LogP contribution in [0.15, 0.2) is 46.9 Å². The first-order chi connectivity index (χ1) is 18.4. The number of hydrogen-bond acceptors (Lipinski definition) is 5. The van der Waals surface area contributed by atoms with Gasteiger partial charge in [-0.3, -0.25) is 9.79 Å². The monoisotopic (exact) mass is 552 g/mol. The summed E-state index contributed by atoms with van der Waals surface area (Å²) >= 11 is 0. The molecular weight excluding hydrogens is 512 g/mol. The van der Waals surface area contributed by atoms with Crippen LogP contribution in [-0.4, -0.2) is 54.8 Å². The van der Waals surface area contributed by atoms with E-state index in [4.69, 9.17) is 5.11 Å². The maximum Gasteiger partial charge on any atom is 0.416 e. The number of carbonyl (C=O) groups is 1. The van der Waals surface area contributed by atoms with E-state index in [1.807, 2.05) is 19.2 Å². The fourth-order valence-electron chi connectivity index (χ4n) is 5.25. The summed E-state index contributed by atoms with van der Waals surface area (Å²) in [5.41, 5.74) is 0.162. The van der Waals surface area contributed by atoms with Crippen LogP contribution in [0, 0.1) is 11.3 Å². The molecule has 2 atom stereocenters. The molecule has 10 heteroatoms. The van der Waals surface area contributed by atoms with E-state index in [0.717, 1.165) is 62.5 Å². The number of nitrogens with one attached hydrogen (secondary N) is 1. The minimum Gasteiger partial charge on any atom is -0.481 e. The third-order valence-electron chi connectivity index (χ3n) is 7.84. The lowest BCUT2D eigenvalue weighted by molar-refractivity contribution is -0.138. The highest BCUT2D eigenvalue weighted by molar-refractivity contribution is 5.82. The molecule has 0 saturated heterocycles. The second-order valence-corrected chi connectivity index (χ2v) is 11.1. The lowest BCUT2D eigenvalue weighted by atomic mass is 9.79. The highest BCUT2D eigenvalue weighted by Crippen LogP contribution is 2.40. The summed E-state index contributed by atoms with van der Waals surface area (Å²) in [7, 11) is 2.02.